The summed E-state index contributed by atoms with van der Waals surface area (Å²) >= 11 is 0. The number of hydrogen-bond donors (Lipinski definition) is 1. The van der Waals surface area contributed by atoms with Crippen molar-refractivity contribution in [3.63, 3.8) is 0 Å². The zero-order valence-electron chi connectivity index (χ0n) is 17.2. The molecule has 160 valence electrons. The van der Waals surface area contributed by atoms with Gasteiger partial charge in [0, 0.05) is 12.6 Å². The standard InChI is InChI=1S/C24H29FN2O3/c25-19-12-10-18(11-13-19)15-27(20-6-2-1-3-7-20)16-24(28)26-14-21-17-29-22-8-4-5-9-23(22)30-21/h4-5,8-13,20-21H,1-3,6-7,14-17H2,(H,26,28). The number of ether oxygens (including phenoxy) is 2. The van der Waals surface area contributed by atoms with Gasteiger partial charge in [0.25, 0.3) is 0 Å². The van der Waals surface area contributed by atoms with Crippen LogP contribution in [0.25, 0.3) is 0 Å². The Morgan fingerprint density at radius 3 is 2.53 bits per heavy atom. The van der Waals surface area contributed by atoms with Crippen LogP contribution in [0.15, 0.2) is 48.5 Å². The van der Waals surface area contributed by atoms with Crippen LogP contribution in [0.5, 0.6) is 11.5 Å². The van der Waals surface area contributed by atoms with Gasteiger partial charge in [0.1, 0.15) is 18.5 Å². The molecule has 0 spiro atoms. The highest BCUT2D eigenvalue weighted by molar-refractivity contribution is 5.78. The molecule has 1 heterocycles. The summed E-state index contributed by atoms with van der Waals surface area (Å²) in [4.78, 5) is 15.0. The topological polar surface area (TPSA) is 50.8 Å². The van der Waals surface area contributed by atoms with Crippen molar-refractivity contribution < 1.29 is 18.7 Å². The molecule has 1 atom stereocenters. The van der Waals surface area contributed by atoms with Crippen LogP contribution in [-0.4, -0.2) is 42.6 Å². The van der Waals surface area contributed by atoms with Gasteiger partial charge in [-0.3, -0.25) is 9.69 Å². The smallest absolute Gasteiger partial charge is 0.234 e. The number of para-hydroxylation sites is 2. The average molecular weight is 413 g/mol. The molecule has 1 N–H and O–H groups in total. The lowest BCUT2D eigenvalue weighted by Gasteiger charge is -2.34. The fourth-order valence-electron chi connectivity index (χ4n) is 4.22. The number of carbonyl (C=O) groups is 1. The third kappa shape index (κ3) is 5.51. The molecule has 0 aromatic heterocycles. The summed E-state index contributed by atoms with van der Waals surface area (Å²) < 4.78 is 24.9. The molecule has 1 fully saturated rings. The van der Waals surface area contributed by atoms with E-state index in [0.29, 0.717) is 38.0 Å². The highest BCUT2D eigenvalue weighted by atomic mass is 19.1. The quantitative estimate of drug-likeness (QED) is 0.749. The Morgan fingerprint density at radius 2 is 1.77 bits per heavy atom. The van der Waals surface area contributed by atoms with Gasteiger partial charge in [-0.15, -0.1) is 0 Å². The maximum Gasteiger partial charge on any atom is 0.234 e. The summed E-state index contributed by atoms with van der Waals surface area (Å²) in [7, 11) is 0. The normalized spacial score (nSPS) is 18.9. The third-order valence-electron chi connectivity index (χ3n) is 5.83. The SMILES string of the molecule is O=C(CN(Cc1ccc(F)cc1)C1CCCCC1)NCC1COc2ccccc2O1. The van der Waals surface area contributed by atoms with Crippen molar-refractivity contribution in [2.45, 2.75) is 50.8 Å². The number of fused-ring (bicyclic) bond motifs is 1. The molecule has 1 unspecified atom stereocenters. The number of benzene rings is 2. The highest BCUT2D eigenvalue weighted by Crippen LogP contribution is 2.30. The Balaban J connectivity index is 1.32. The molecule has 6 heteroatoms. The molecular weight excluding hydrogens is 383 g/mol. The van der Waals surface area contributed by atoms with Gasteiger partial charge in [-0.05, 0) is 42.7 Å². The molecule has 1 amide bonds. The number of hydrogen-bond acceptors (Lipinski definition) is 4. The van der Waals surface area contributed by atoms with E-state index < -0.39 is 0 Å². The van der Waals surface area contributed by atoms with E-state index >= 15 is 0 Å². The van der Waals surface area contributed by atoms with Gasteiger partial charge in [-0.25, -0.2) is 4.39 Å². The van der Waals surface area contributed by atoms with E-state index in [9.17, 15) is 9.18 Å². The molecular formula is C24H29FN2O3. The molecule has 5 nitrogen and oxygen atoms in total. The van der Waals surface area contributed by atoms with Crippen molar-refractivity contribution in [3.8, 4) is 11.5 Å². The molecule has 4 rings (SSSR count). The van der Waals surface area contributed by atoms with Crippen molar-refractivity contribution in [3.05, 3.63) is 59.9 Å². The number of halogens is 1. The number of amides is 1. The van der Waals surface area contributed by atoms with Crippen LogP contribution in [0.2, 0.25) is 0 Å². The maximum atomic E-state index is 13.3. The second-order valence-electron chi connectivity index (χ2n) is 8.12. The number of nitrogens with zero attached hydrogens (tertiary/aromatic N) is 1. The lowest BCUT2D eigenvalue weighted by Crippen LogP contribution is -2.46. The van der Waals surface area contributed by atoms with Gasteiger partial charge in [0.2, 0.25) is 5.91 Å². The van der Waals surface area contributed by atoms with Crippen molar-refractivity contribution in [2.24, 2.45) is 0 Å². The Bertz CT molecular complexity index is 837. The molecule has 2 aliphatic rings. The van der Waals surface area contributed by atoms with E-state index in [1.54, 1.807) is 12.1 Å². The van der Waals surface area contributed by atoms with Crippen molar-refractivity contribution in [1.82, 2.24) is 10.2 Å². The zero-order chi connectivity index (χ0) is 20.8. The van der Waals surface area contributed by atoms with E-state index in [-0.39, 0.29) is 17.8 Å². The van der Waals surface area contributed by atoms with Gasteiger partial charge in [-0.2, -0.15) is 0 Å². The Hall–Kier alpha value is -2.60. The van der Waals surface area contributed by atoms with Crippen LogP contribution in [0.1, 0.15) is 37.7 Å². The van der Waals surface area contributed by atoms with E-state index in [1.807, 2.05) is 24.3 Å². The monoisotopic (exact) mass is 412 g/mol. The maximum absolute atomic E-state index is 13.3. The van der Waals surface area contributed by atoms with Crippen molar-refractivity contribution >= 4 is 5.91 Å². The van der Waals surface area contributed by atoms with Crippen LogP contribution >= 0.6 is 0 Å². The minimum atomic E-state index is -0.239. The van der Waals surface area contributed by atoms with E-state index in [0.717, 1.165) is 24.2 Å². The fraction of sp³-hybridized carbons (Fsp3) is 0.458. The Kier molecular flexibility index (Phi) is 6.84. The summed E-state index contributed by atoms with van der Waals surface area (Å²) in [5.41, 5.74) is 1.02. The van der Waals surface area contributed by atoms with Crippen LogP contribution < -0.4 is 14.8 Å². The summed E-state index contributed by atoms with van der Waals surface area (Å²) in [6.07, 6.45) is 5.64. The van der Waals surface area contributed by atoms with Gasteiger partial charge in [0.15, 0.2) is 11.5 Å². The highest BCUT2D eigenvalue weighted by Gasteiger charge is 2.25. The molecule has 1 aliphatic heterocycles. The first-order chi connectivity index (χ1) is 14.7. The first-order valence-electron chi connectivity index (χ1n) is 10.8. The van der Waals surface area contributed by atoms with Crippen molar-refractivity contribution in [1.29, 1.82) is 0 Å². The summed E-state index contributed by atoms with van der Waals surface area (Å²) in [6.45, 7) is 1.79. The molecule has 0 bridgehead atoms. The number of carbonyl (C=O) groups excluding carboxylic acids is 1. The van der Waals surface area contributed by atoms with Crippen LogP contribution in [-0.2, 0) is 11.3 Å². The van der Waals surface area contributed by atoms with Crippen molar-refractivity contribution in [2.75, 3.05) is 19.7 Å². The minimum absolute atomic E-state index is 0.0230. The van der Waals surface area contributed by atoms with Crippen LogP contribution in [0, 0.1) is 5.82 Å². The molecule has 0 saturated heterocycles. The predicted molar refractivity (Wildman–Crippen MR) is 113 cm³/mol. The van der Waals surface area contributed by atoms with Crippen LogP contribution in [0.3, 0.4) is 0 Å². The average Bonchev–Trinajstić information content (AvgIpc) is 2.79. The summed E-state index contributed by atoms with van der Waals surface area (Å²) in [5.74, 6) is 1.19. The summed E-state index contributed by atoms with van der Waals surface area (Å²) in [5, 5.41) is 3.00. The number of nitrogens with one attached hydrogen (secondary N) is 1. The van der Waals surface area contributed by atoms with Gasteiger partial charge < -0.3 is 14.8 Å². The zero-order valence-corrected chi connectivity index (χ0v) is 17.2. The van der Waals surface area contributed by atoms with Crippen LogP contribution in [0.4, 0.5) is 4.39 Å². The van der Waals surface area contributed by atoms with E-state index in [1.165, 1.54) is 31.4 Å². The first kappa shape index (κ1) is 20.7. The Labute approximate surface area is 177 Å². The van der Waals surface area contributed by atoms with Gasteiger partial charge in [-0.1, -0.05) is 43.5 Å². The summed E-state index contributed by atoms with van der Waals surface area (Å²) in [6, 6.07) is 14.5. The predicted octanol–water partition coefficient (Wildman–Crippen LogP) is 3.92. The lowest BCUT2D eigenvalue weighted by atomic mass is 9.93. The largest absolute Gasteiger partial charge is 0.486 e. The van der Waals surface area contributed by atoms with Gasteiger partial charge in [0.05, 0.1) is 13.1 Å². The molecule has 30 heavy (non-hydrogen) atoms. The van der Waals surface area contributed by atoms with E-state index in [2.05, 4.69) is 10.2 Å². The third-order valence-corrected chi connectivity index (χ3v) is 5.83. The molecule has 1 saturated carbocycles. The Morgan fingerprint density at radius 1 is 1.03 bits per heavy atom. The molecule has 2 aromatic rings. The second-order valence-corrected chi connectivity index (χ2v) is 8.12. The van der Waals surface area contributed by atoms with E-state index in [4.69, 9.17) is 9.47 Å². The lowest BCUT2D eigenvalue weighted by molar-refractivity contribution is -0.123. The minimum Gasteiger partial charge on any atom is -0.486 e. The van der Waals surface area contributed by atoms with Gasteiger partial charge >= 0.3 is 0 Å². The molecule has 1 aliphatic carbocycles. The number of rotatable bonds is 7. The molecule has 2 aromatic carbocycles. The second kappa shape index (κ2) is 9.94. The molecule has 0 radical (unpaired) electrons. The first-order valence-corrected chi connectivity index (χ1v) is 10.8. The fourth-order valence-corrected chi connectivity index (χ4v) is 4.22.